The Hall–Kier alpha value is -1.95. The van der Waals surface area contributed by atoms with Crippen molar-refractivity contribution in [2.45, 2.75) is 38.2 Å². The van der Waals surface area contributed by atoms with Crippen molar-refractivity contribution in [2.24, 2.45) is 0 Å². The zero-order chi connectivity index (χ0) is 13.7. The topological polar surface area (TPSA) is 45.0 Å². The van der Waals surface area contributed by atoms with Gasteiger partial charge in [0.25, 0.3) is 0 Å². The molecule has 0 saturated carbocycles. The van der Waals surface area contributed by atoms with Crippen LogP contribution in [-0.2, 0) is 10.2 Å². The lowest BCUT2D eigenvalue weighted by atomic mass is 9.86. The van der Waals surface area contributed by atoms with Crippen LogP contribution in [0, 0.1) is 11.3 Å². The Labute approximate surface area is 114 Å². The zero-order valence-electron chi connectivity index (χ0n) is 11.5. The van der Waals surface area contributed by atoms with Gasteiger partial charge in [0, 0.05) is 5.69 Å². The van der Waals surface area contributed by atoms with Crippen LogP contribution in [0.15, 0.2) is 36.6 Å². The molecule has 2 rings (SSSR count). The lowest BCUT2D eigenvalue weighted by Crippen LogP contribution is -2.23. The molecule has 0 spiro atoms. The van der Waals surface area contributed by atoms with Crippen molar-refractivity contribution in [3.63, 3.8) is 0 Å². The zero-order valence-corrected chi connectivity index (χ0v) is 11.5. The van der Waals surface area contributed by atoms with Gasteiger partial charge in [-0.25, -0.2) is 0 Å². The van der Waals surface area contributed by atoms with Gasteiger partial charge in [0.15, 0.2) is 0 Å². The molecule has 19 heavy (non-hydrogen) atoms. The molecule has 0 amide bonds. The molecule has 100 valence electrons. The minimum Gasteiger partial charge on any atom is -0.497 e. The van der Waals surface area contributed by atoms with Crippen LogP contribution in [0.5, 0.6) is 0 Å². The van der Waals surface area contributed by atoms with E-state index in [2.05, 4.69) is 17.5 Å². The molecule has 0 bridgehead atoms. The third-order valence-corrected chi connectivity index (χ3v) is 3.44. The second kappa shape index (κ2) is 5.79. The first-order chi connectivity index (χ1) is 9.12. The molecule has 1 aromatic rings. The standard InChI is InChI=1S/C16H20N2O/c1-16(2,12-17)13-6-8-14(9-7-13)18-11-15-5-3-4-10-19-15/h4,6-10,15,18H,3,5,11H2,1-2H3. The predicted molar refractivity (Wildman–Crippen MR) is 76.8 cm³/mol. The van der Waals surface area contributed by atoms with Crippen LogP contribution in [0.4, 0.5) is 5.69 Å². The van der Waals surface area contributed by atoms with Crippen molar-refractivity contribution in [1.29, 1.82) is 5.26 Å². The van der Waals surface area contributed by atoms with E-state index in [1.165, 1.54) is 0 Å². The highest BCUT2D eigenvalue weighted by molar-refractivity contribution is 5.47. The first kappa shape index (κ1) is 13.5. The minimum atomic E-state index is -0.435. The van der Waals surface area contributed by atoms with E-state index >= 15 is 0 Å². The highest BCUT2D eigenvalue weighted by Gasteiger charge is 2.19. The summed E-state index contributed by atoms with van der Waals surface area (Å²) in [7, 11) is 0. The van der Waals surface area contributed by atoms with E-state index in [4.69, 9.17) is 10.00 Å². The Balaban J connectivity index is 1.92. The SMILES string of the molecule is CC(C)(C#N)c1ccc(NCC2CCC=CO2)cc1. The van der Waals surface area contributed by atoms with Gasteiger partial charge in [-0.2, -0.15) is 5.26 Å². The summed E-state index contributed by atoms with van der Waals surface area (Å²) in [6, 6.07) is 10.4. The third-order valence-electron chi connectivity index (χ3n) is 3.44. The first-order valence-electron chi connectivity index (χ1n) is 6.68. The molecule has 1 aliphatic rings. The number of nitriles is 1. The van der Waals surface area contributed by atoms with Crippen LogP contribution in [0.3, 0.4) is 0 Å². The molecule has 0 aromatic heterocycles. The maximum atomic E-state index is 9.10. The fourth-order valence-corrected chi connectivity index (χ4v) is 2.04. The molecule has 0 aliphatic carbocycles. The van der Waals surface area contributed by atoms with E-state index in [9.17, 15) is 0 Å². The summed E-state index contributed by atoms with van der Waals surface area (Å²) in [5.74, 6) is 0. The average molecular weight is 256 g/mol. The van der Waals surface area contributed by atoms with Gasteiger partial charge in [-0.15, -0.1) is 0 Å². The normalized spacial score (nSPS) is 18.5. The number of benzene rings is 1. The van der Waals surface area contributed by atoms with Crippen LogP contribution in [-0.4, -0.2) is 12.6 Å². The summed E-state index contributed by atoms with van der Waals surface area (Å²) in [4.78, 5) is 0. The van der Waals surface area contributed by atoms with E-state index in [-0.39, 0.29) is 6.10 Å². The van der Waals surface area contributed by atoms with Crippen molar-refractivity contribution >= 4 is 5.69 Å². The monoisotopic (exact) mass is 256 g/mol. The Bertz CT molecular complexity index is 482. The molecular weight excluding hydrogens is 236 g/mol. The number of rotatable bonds is 4. The summed E-state index contributed by atoms with van der Waals surface area (Å²) in [5, 5.41) is 12.5. The molecule has 0 saturated heterocycles. The van der Waals surface area contributed by atoms with Gasteiger partial charge >= 0.3 is 0 Å². The lowest BCUT2D eigenvalue weighted by Gasteiger charge is -2.21. The highest BCUT2D eigenvalue weighted by atomic mass is 16.5. The summed E-state index contributed by atoms with van der Waals surface area (Å²) < 4.78 is 5.51. The van der Waals surface area contributed by atoms with Crippen molar-refractivity contribution in [3.05, 3.63) is 42.2 Å². The molecule has 0 fully saturated rings. The van der Waals surface area contributed by atoms with Gasteiger partial charge in [-0.05, 0) is 50.5 Å². The van der Waals surface area contributed by atoms with Crippen molar-refractivity contribution < 1.29 is 4.74 Å². The molecule has 1 aliphatic heterocycles. The maximum Gasteiger partial charge on any atom is 0.115 e. The number of nitrogens with one attached hydrogen (secondary N) is 1. The van der Waals surface area contributed by atoms with Crippen LogP contribution >= 0.6 is 0 Å². The van der Waals surface area contributed by atoms with Crippen molar-refractivity contribution in [1.82, 2.24) is 0 Å². The number of anilines is 1. The van der Waals surface area contributed by atoms with Crippen LogP contribution in [0.2, 0.25) is 0 Å². The number of hydrogen-bond donors (Lipinski definition) is 1. The molecule has 3 heteroatoms. The third kappa shape index (κ3) is 3.51. The van der Waals surface area contributed by atoms with Gasteiger partial charge in [0.05, 0.1) is 24.3 Å². The molecule has 1 N–H and O–H groups in total. The van der Waals surface area contributed by atoms with E-state index in [1.807, 2.05) is 38.1 Å². The van der Waals surface area contributed by atoms with Gasteiger partial charge in [0.2, 0.25) is 0 Å². The number of nitrogens with zero attached hydrogens (tertiary/aromatic N) is 1. The second-order valence-corrected chi connectivity index (χ2v) is 5.40. The van der Waals surface area contributed by atoms with Crippen LogP contribution < -0.4 is 5.32 Å². The van der Waals surface area contributed by atoms with Gasteiger partial charge < -0.3 is 10.1 Å². The Kier molecular flexibility index (Phi) is 4.11. The van der Waals surface area contributed by atoms with E-state index < -0.39 is 5.41 Å². The lowest BCUT2D eigenvalue weighted by molar-refractivity contribution is 0.135. The number of hydrogen-bond acceptors (Lipinski definition) is 3. The summed E-state index contributed by atoms with van der Waals surface area (Å²) in [5.41, 5.74) is 1.67. The quantitative estimate of drug-likeness (QED) is 0.895. The number of allylic oxidation sites excluding steroid dienone is 1. The molecule has 0 radical (unpaired) electrons. The fourth-order valence-electron chi connectivity index (χ4n) is 2.04. The summed E-state index contributed by atoms with van der Waals surface area (Å²) >= 11 is 0. The van der Waals surface area contributed by atoms with Crippen LogP contribution in [0.1, 0.15) is 32.3 Å². The Morgan fingerprint density at radius 1 is 1.37 bits per heavy atom. The Morgan fingerprint density at radius 2 is 2.11 bits per heavy atom. The van der Waals surface area contributed by atoms with E-state index in [0.717, 1.165) is 30.6 Å². The molecule has 1 aromatic carbocycles. The van der Waals surface area contributed by atoms with Gasteiger partial charge in [-0.3, -0.25) is 0 Å². The number of ether oxygens (including phenoxy) is 1. The van der Waals surface area contributed by atoms with Crippen LogP contribution in [0.25, 0.3) is 0 Å². The van der Waals surface area contributed by atoms with Gasteiger partial charge in [-0.1, -0.05) is 12.1 Å². The van der Waals surface area contributed by atoms with Crippen molar-refractivity contribution in [3.8, 4) is 6.07 Å². The Morgan fingerprint density at radius 3 is 2.68 bits per heavy atom. The van der Waals surface area contributed by atoms with E-state index in [0.29, 0.717) is 0 Å². The fraction of sp³-hybridized carbons (Fsp3) is 0.438. The largest absolute Gasteiger partial charge is 0.497 e. The predicted octanol–water partition coefficient (Wildman–Crippen LogP) is 3.59. The summed E-state index contributed by atoms with van der Waals surface area (Å²) in [6.07, 6.45) is 6.23. The van der Waals surface area contributed by atoms with E-state index in [1.54, 1.807) is 6.26 Å². The smallest absolute Gasteiger partial charge is 0.115 e. The minimum absolute atomic E-state index is 0.250. The maximum absolute atomic E-state index is 9.10. The van der Waals surface area contributed by atoms with Gasteiger partial charge in [0.1, 0.15) is 6.10 Å². The highest BCUT2D eigenvalue weighted by Crippen LogP contribution is 2.23. The average Bonchev–Trinajstić information content (AvgIpc) is 2.47. The molecule has 1 unspecified atom stereocenters. The van der Waals surface area contributed by atoms with Crippen molar-refractivity contribution in [2.75, 3.05) is 11.9 Å². The molecular formula is C16H20N2O. The second-order valence-electron chi connectivity index (χ2n) is 5.40. The first-order valence-corrected chi connectivity index (χ1v) is 6.68. The molecule has 3 nitrogen and oxygen atoms in total. The summed E-state index contributed by atoms with van der Waals surface area (Å²) in [6.45, 7) is 4.67. The molecule has 1 atom stereocenters. The molecule has 1 heterocycles.